The maximum absolute atomic E-state index is 15.5. The zero-order valence-electron chi connectivity index (χ0n) is 21.6. The number of anilines is 1. The average Bonchev–Trinajstić information content (AvgIpc) is 2.96. The summed E-state index contributed by atoms with van der Waals surface area (Å²) >= 11 is 0. The summed E-state index contributed by atoms with van der Waals surface area (Å²) in [6.45, 7) is 3.72. The van der Waals surface area contributed by atoms with Crippen LogP contribution in [0, 0.1) is 11.7 Å². The smallest absolute Gasteiger partial charge is 0.225 e. The highest BCUT2D eigenvalue weighted by Gasteiger charge is 2.27. The topological polar surface area (TPSA) is 54.8 Å². The van der Waals surface area contributed by atoms with Crippen molar-refractivity contribution in [1.82, 2.24) is 4.98 Å². The van der Waals surface area contributed by atoms with Gasteiger partial charge in [0, 0.05) is 30.8 Å². The zero-order valence-corrected chi connectivity index (χ0v) is 21.6. The van der Waals surface area contributed by atoms with Crippen molar-refractivity contribution >= 4 is 5.69 Å². The lowest BCUT2D eigenvalue weighted by Crippen LogP contribution is -2.42. The van der Waals surface area contributed by atoms with E-state index < -0.39 is 0 Å². The van der Waals surface area contributed by atoms with Gasteiger partial charge in [-0.3, -0.25) is 0 Å². The molecule has 0 bridgehead atoms. The van der Waals surface area contributed by atoms with Crippen molar-refractivity contribution in [2.24, 2.45) is 5.92 Å². The highest BCUT2D eigenvalue weighted by atomic mass is 19.1. The first-order valence-electron chi connectivity index (χ1n) is 13.1. The van der Waals surface area contributed by atoms with E-state index >= 15 is 4.39 Å². The zero-order chi connectivity index (χ0) is 26.3. The van der Waals surface area contributed by atoms with Crippen molar-refractivity contribution in [3.05, 3.63) is 108 Å². The fourth-order valence-electron chi connectivity index (χ4n) is 4.99. The minimum Gasteiger partial charge on any atom is -0.473 e. The summed E-state index contributed by atoms with van der Waals surface area (Å²) in [5.74, 6) is 0.832. The van der Waals surface area contributed by atoms with Crippen LogP contribution in [0.5, 0.6) is 11.8 Å². The summed E-state index contributed by atoms with van der Waals surface area (Å²) in [5.41, 5.74) is 4.03. The molecular weight excluding hydrogens is 479 g/mol. The van der Waals surface area contributed by atoms with Crippen LogP contribution in [0.25, 0.3) is 11.1 Å². The van der Waals surface area contributed by atoms with Crippen molar-refractivity contribution in [2.75, 3.05) is 18.1 Å². The number of pyridine rings is 1. The van der Waals surface area contributed by atoms with Gasteiger partial charge < -0.3 is 19.5 Å². The summed E-state index contributed by atoms with van der Waals surface area (Å²) in [5, 5.41) is 9.52. The van der Waals surface area contributed by atoms with E-state index in [0.29, 0.717) is 41.8 Å². The van der Waals surface area contributed by atoms with E-state index in [1.165, 1.54) is 0 Å². The minimum absolute atomic E-state index is 0.161. The first-order chi connectivity index (χ1) is 18.6. The van der Waals surface area contributed by atoms with E-state index in [9.17, 15) is 5.11 Å². The van der Waals surface area contributed by atoms with Crippen molar-refractivity contribution in [3.63, 3.8) is 0 Å². The number of rotatable bonds is 9. The van der Waals surface area contributed by atoms with Gasteiger partial charge in [0.05, 0.1) is 5.69 Å². The van der Waals surface area contributed by atoms with Crippen molar-refractivity contribution in [3.8, 4) is 22.9 Å². The summed E-state index contributed by atoms with van der Waals surface area (Å²) < 4.78 is 27.6. The number of piperidine rings is 1. The maximum Gasteiger partial charge on any atom is 0.225 e. The Hall–Kier alpha value is -3.90. The van der Waals surface area contributed by atoms with E-state index in [4.69, 9.17) is 9.47 Å². The van der Waals surface area contributed by atoms with Crippen molar-refractivity contribution in [2.45, 2.75) is 39.0 Å². The Bertz CT molecular complexity index is 1330. The van der Waals surface area contributed by atoms with Crippen LogP contribution in [0.3, 0.4) is 0 Å². The van der Waals surface area contributed by atoms with Gasteiger partial charge in [0.1, 0.15) is 19.0 Å². The third-order valence-electron chi connectivity index (χ3n) is 7.09. The van der Waals surface area contributed by atoms with Crippen LogP contribution < -0.4 is 14.4 Å². The van der Waals surface area contributed by atoms with Crippen LogP contribution in [-0.4, -0.2) is 29.3 Å². The number of nitrogens with zero attached hydrogens (tertiary/aromatic N) is 2. The number of aromatic nitrogens is 1. The molecule has 1 aliphatic heterocycles. The van der Waals surface area contributed by atoms with Gasteiger partial charge in [0.2, 0.25) is 11.8 Å². The maximum atomic E-state index is 15.5. The van der Waals surface area contributed by atoms with Gasteiger partial charge in [0.15, 0.2) is 0 Å². The third kappa shape index (κ3) is 6.14. The molecule has 0 spiro atoms. The van der Waals surface area contributed by atoms with E-state index in [-0.39, 0.29) is 24.4 Å². The first-order valence-corrected chi connectivity index (χ1v) is 13.1. The largest absolute Gasteiger partial charge is 0.473 e. The molecule has 1 saturated heterocycles. The predicted molar refractivity (Wildman–Crippen MR) is 148 cm³/mol. The average molecular weight is 513 g/mol. The Labute approximate surface area is 223 Å². The lowest BCUT2D eigenvalue weighted by Gasteiger charge is -2.39. The number of aliphatic hydroxyl groups is 1. The van der Waals surface area contributed by atoms with Gasteiger partial charge in [-0.25, -0.2) is 4.39 Å². The molecule has 6 heteroatoms. The monoisotopic (exact) mass is 512 g/mol. The minimum atomic E-state index is -0.282. The number of benzene rings is 3. The Balaban J connectivity index is 1.40. The fourth-order valence-corrected chi connectivity index (χ4v) is 4.99. The molecule has 5 nitrogen and oxygen atoms in total. The molecule has 2 heterocycles. The lowest BCUT2D eigenvalue weighted by molar-refractivity contribution is 0.190. The van der Waals surface area contributed by atoms with Gasteiger partial charge in [-0.05, 0) is 60.6 Å². The molecule has 1 aliphatic rings. The summed E-state index contributed by atoms with van der Waals surface area (Å²) in [6.07, 6.45) is 1.71. The van der Waals surface area contributed by atoms with Crippen LogP contribution in [0.1, 0.15) is 30.9 Å². The third-order valence-corrected chi connectivity index (χ3v) is 7.09. The molecule has 1 N–H and O–H groups in total. The van der Waals surface area contributed by atoms with Gasteiger partial charge in [-0.2, -0.15) is 4.98 Å². The molecule has 2 unspecified atom stereocenters. The van der Waals surface area contributed by atoms with Gasteiger partial charge in [-0.15, -0.1) is 0 Å². The predicted octanol–water partition coefficient (Wildman–Crippen LogP) is 6.64. The Morgan fingerprint density at radius 2 is 1.58 bits per heavy atom. The summed E-state index contributed by atoms with van der Waals surface area (Å²) in [6, 6.07) is 28.9. The van der Waals surface area contributed by atoms with Crippen LogP contribution in [-0.2, 0) is 13.2 Å². The molecule has 196 valence electrons. The molecule has 0 amide bonds. The highest BCUT2D eigenvalue weighted by molar-refractivity contribution is 5.71. The van der Waals surface area contributed by atoms with Crippen LogP contribution in [0.4, 0.5) is 10.1 Å². The van der Waals surface area contributed by atoms with E-state index in [1.54, 1.807) is 12.1 Å². The molecule has 1 aromatic heterocycles. The first kappa shape index (κ1) is 25.7. The summed E-state index contributed by atoms with van der Waals surface area (Å²) in [7, 11) is 0. The second-order valence-corrected chi connectivity index (χ2v) is 9.83. The molecule has 1 fully saturated rings. The second-order valence-electron chi connectivity index (χ2n) is 9.83. The molecule has 0 radical (unpaired) electrons. The Kier molecular flexibility index (Phi) is 8.19. The molecule has 0 aliphatic carbocycles. The number of hydrogen-bond donors (Lipinski definition) is 1. The number of aliphatic hydroxyl groups excluding tert-OH is 1. The van der Waals surface area contributed by atoms with Crippen LogP contribution in [0.15, 0.2) is 91.0 Å². The number of ether oxygens (including phenoxy) is 2. The number of halogens is 1. The van der Waals surface area contributed by atoms with Gasteiger partial charge in [-0.1, -0.05) is 66.7 Å². The van der Waals surface area contributed by atoms with Crippen LogP contribution >= 0.6 is 0 Å². The van der Waals surface area contributed by atoms with E-state index in [1.807, 2.05) is 78.9 Å². The van der Waals surface area contributed by atoms with Crippen molar-refractivity contribution in [1.29, 1.82) is 0 Å². The molecule has 5 rings (SSSR count). The summed E-state index contributed by atoms with van der Waals surface area (Å²) in [4.78, 5) is 6.74. The standard InChI is InChI=1S/C32H33FN2O3/c1-23-18-26(20-36)16-17-35(23)30-14-12-27(19-29(30)33)28-13-15-31(37-21-24-8-4-2-5-9-24)34-32(28)38-22-25-10-6-3-7-11-25/h2-15,19,23,26,36H,16-18,20-22H2,1H3. The number of hydrogen-bond acceptors (Lipinski definition) is 5. The second kappa shape index (κ2) is 12.1. The fraction of sp³-hybridized carbons (Fsp3) is 0.281. The molecule has 4 aromatic rings. The van der Waals surface area contributed by atoms with Gasteiger partial charge in [0.25, 0.3) is 0 Å². The Morgan fingerprint density at radius 1 is 0.895 bits per heavy atom. The molecule has 2 atom stereocenters. The molecule has 38 heavy (non-hydrogen) atoms. The Morgan fingerprint density at radius 3 is 2.21 bits per heavy atom. The van der Waals surface area contributed by atoms with E-state index in [2.05, 4.69) is 16.8 Å². The quantitative estimate of drug-likeness (QED) is 0.272. The SMILES string of the molecule is CC1CC(CO)CCN1c1ccc(-c2ccc(OCc3ccccc3)nc2OCc2ccccc2)cc1F. The highest BCUT2D eigenvalue weighted by Crippen LogP contribution is 2.36. The lowest BCUT2D eigenvalue weighted by atomic mass is 9.91. The van der Waals surface area contributed by atoms with Gasteiger partial charge >= 0.3 is 0 Å². The normalized spacial score (nSPS) is 17.3. The molecule has 3 aromatic carbocycles. The molecular formula is C32H33FN2O3. The van der Waals surface area contributed by atoms with Crippen molar-refractivity contribution < 1.29 is 19.0 Å². The molecule has 0 saturated carbocycles. The van der Waals surface area contributed by atoms with Crippen LogP contribution in [0.2, 0.25) is 0 Å². The van der Waals surface area contributed by atoms with E-state index in [0.717, 1.165) is 30.5 Å².